The molecule has 7 heteroatoms. The first-order valence-corrected chi connectivity index (χ1v) is 11.8. The number of Topliss-reactive ketones (excluding diaryl/α,β-unsaturated/α-hetero) is 1. The van der Waals surface area contributed by atoms with Crippen molar-refractivity contribution in [2.75, 3.05) is 0 Å². The molecule has 0 heterocycles. The predicted molar refractivity (Wildman–Crippen MR) is 128 cm³/mol. The van der Waals surface area contributed by atoms with Crippen LogP contribution in [0.1, 0.15) is 81.8 Å². The number of aromatic hydroxyl groups is 2. The van der Waals surface area contributed by atoms with Crippen molar-refractivity contribution in [3.05, 3.63) is 33.4 Å². The second kappa shape index (κ2) is 10.7. The third-order valence-electron chi connectivity index (χ3n) is 7.63. The molecule has 0 spiro atoms. The van der Waals surface area contributed by atoms with E-state index in [2.05, 4.69) is 13.8 Å². The molecule has 0 saturated heterocycles. The number of rotatable bonds is 8. The lowest BCUT2D eigenvalue weighted by atomic mass is 9.59. The van der Waals surface area contributed by atoms with Gasteiger partial charge in [-0.2, -0.15) is 0 Å². The van der Waals surface area contributed by atoms with Gasteiger partial charge in [0.2, 0.25) is 0 Å². The second-order valence-electron chi connectivity index (χ2n) is 9.47. The zero-order chi connectivity index (χ0) is 25.1. The van der Waals surface area contributed by atoms with Crippen LogP contribution < -0.4 is 0 Å². The average molecular weight is 479 g/mol. The van der Waals surface area contributed by atoms with E-state index in [1.54, 1.807) is 19.9 Å². The van der Waals surface area contributed by atoms with Crippen LogP contribution in [0.15, 0.2) is 11.6 Å². The lowest BCUT2D eigenvalue weighted by Crippen LogP contribution is -2.44. The standard InChI is InChI=1S/C26H35ClO6/c1-7-22(30)33-21(12-26(6)15(3)9-11-20(29)17(26)5)14(2)8-10-18-24(31)19(13-28)16(4)23(27)25(18)32/h8,13,15,17,21,31-32H,7,9-12H2,1-6H3/b14-8+/t15-,17+,21-,26+/m1/s1. The van der Waals surface area contributed by atoms with Gasteiger partial charge in [-0.1, -0.05) is 45.4 Å². The Kier molecular flexibility index (Phi) is 8.75. The van der Waals surface area contributed by atoms with Gasteiger partial charge in [0.15, 0.2) is 6.29 Å². The molecule has 2 N–H and O–H groups in total. The summed E-state index contributed by atoms with van der Waals surface area (Å²) in [5.74, 6) is -0.594. The number of allylic oxidation sites excluding steroid dienone is 1. The Balaban J connectivity index is 2.41. The molecule has 0 amide bonds. The molecule has 1 saturated carbocycles. The Morgan fingerprint density at radius 3 is 2.52 bits per heavy atom. The molecule has 6 nitrogen and oxygen atoms in total. The summed E-state index contributed by atoms with van der Waals surface area (Å²) in [6.07, 6.45) is 3.87. The number of carbonyl (C=O) groups is 3. The molecule has 1 aliphatic rings. The first-order chi connectivity index (χ1) is 15.4. The summed E-state index contributed by atoms with van der Waals surface area (Å²) >= 11 is 6.16. The lowest BCUT2D eigenvalue weighted by molar-refractivity contribution is -0.150. The fraction of sp³-hybridized carbons (Fsp3) is 0.577. The van der Waals surface area contributed by atoms with Crippen LogP contribution in [0.3, 0.4) is 0 Å². The number of ketones is 1. The SMILES string of the molecule is CCC(=O)O[C@H](C[C@@]1(C)[C@H](C)CCC(=O)[C@@H]1C)/C(C)=C/Cc1c(O)c(Cl)c(C)c(C=O)c1O. The highest BCUT2D eigenvalue weighted by Gasteiger charge is 2.45. The quantitative estimate of drug-likeness (QED) is 0.282. The van der Waals surface area contributed by atoms with Crippen LogP contribution in [0.25, 0.3) is 0 Å². The molecular weight excluding hydrogens is 444 g/mol. The monoisotopic (exact) mass is 478 g/mol. The largest absolute Gasteiger partial charge is 0.507 e. The number of hydrogen-bond donors (Lipinski definition) is 2. The van der Waals surface area contributed by atoms with Crippen molar-refractivity contribution in [1.82, 2.24) is 0 Å². The Hall–Kier alpha value is -2.34. The zero-order valence-corrected chi connectivity index (χ0v) is 21.1. The zero-order valence-electron chi connectivity index (χ0n) is 20.3. The normalized spacial score (nSPS) is 24.5. The number of benzene rings is 1. The molecule has 182 valence electrons. The predicted octanol–water partition coefficient (Wildman–Crippen LogP) is 5.71. The van der Waals surface area contributed by atoms with Crippen molar-refractivity contribution in [2.45, 2.75) is 79.8 Å². The van der Waals surface area contributed by atoms with Crippen molar-refractivity contribution < 1.29 is 29.3 Å². The first kappa shape index (κ1) is 26.9. The minimum atomic E-state index is -0.561. The van der Waals surface area contributed by atoms with Crippen molar-refractivity contribution in [2.24, 2.45) is 17.3 Å². The second-order valence-corrected chi connectivity index (χ2v) is 9.85. The highest BCUT2D eigenvalue weighted by molar-refractivity contribution is 6.33. The van der Waals surface area contributed by atoms with Crippen LogP contribution in [-0.4, -0.2) is 34.4 Å². The Morgan fingerprint density at radius 1 is 1.30 bits per heavy atom. The van der Waals surface area contributed by atoms with Gasteiger partial charge in [0, 0.05) is 24.3 Å². The van der Waals surface area contributed by atoms with E-state index in [1.165, 1.54) is 0 Å². The summed E-state index contributed by atoms with van der Waals surface area (Å²) in [6, 6.07) is 0. The molecule has 0 radical (unpaired) electrons. The van der Waals surface area contributed by atoms with Gasteiger partial charge in [-0.25, -0.2) is 0 Å². The summed E-state index contributed by atoms with van der Waals surface area (Å²) in [6.45, 7) is 11.2. The Morgan fingerprint density at radius 2 is 1.94 bits per heavy atom. The number of ether oxygens (including phenoxy) is 1. The molecule has 33 heavy (non-hydrogen) atoms. The summed E-state index contributed by atoms with van der Waals surface area (Å²) in [5, 5.41) is 21.0. The van der Waals surface area contributed by atoms with Crippen molar-refractivity contribution in [1.29, 1.82) is 0 Å². The van der Waals surface area contributed by atoms with Gasteiger partial charge in [0.25, 0.3) is 0 Å². The van der Waals surface area contributed by atoms with Crippen molar-refractivity contribution >= 4 is 29.6 Å². The van der Waals surface area contributed by atoms with Crippen molar-refractivity contribution in [3.8, 4) is 11.5 Å². The van der Waals surface area contributed by atoms with Crippen LogP contribution in [0.2, 0.25) is 5.02 Å². The van der Waals surface area contributed by atoms with E-state index < -0.39 is 6.10 Å². The minimum Gasteiger partial charge on any atom is -0.507 e. The van der Waals surface area contributed by atoms with Gasteiger partial charge in [0.05, 0.1) is 10.6 Å². The van der Waals surface area contributed by atoms with E-state index in [-0.39, 0.29) is 69.5 Å². The number of phenols is 2. The van der Waals surface area contributed by atoms with E-state index in [0.29, 0.717) is 24.7 Å². The molecule has 0 aromatic heterocycles. The lowest BCUT2D eigenvalue weighted by Gasteiger charge is -2.45. The van der Waals surface area contributed by atoms with Gasteiger partial charge >= 0.3 is 5.97 Å². The molecule has 1 aromatic rings. The number of carbonyl (C=O) groups excluding carboxylic acids is 3. The molecule has 1 aromatic carbocycles. The van der Waals surface area contributed by atoms with E-state index in [4.69, 9.17) is 16.3 Å². The van der Waals surface area contributed by atoms with Gasteiger partial charge in [-0.3, -0.25) is 14.4 Å². The maximum atomic E-state index is 12.5. The van der Waals surface area contributed by atoms with E-state index in [9.17, 15) is 24.6 Å². The molecule has 2 rings (SSSR count). The highest BCUT2D eigenvalue weighted by Crippen LogP contribution is 2.48. The van der Waals surface area contributed by atoms with E-state index in [1.807, 2.05) is 13.8 Å². The van der Waals surface area contributed by atoms with Gasteiger partial charge < -0.3 is 14.9 Å². The molecule has 0 aliphatic heterocycles. The van der Waals surface area contributed by atoms with Crippen LogP contribution in [0.4, 0.5) is 0 Å². The van der Waals surface area contributed by atoms with Crippen LogP contribution in [-0.2, 0) is 20.7 Å². The van der Waals surface area contributed by atoms with Crippen LogP contribution in [0, 0.1) is 24.2 Å². The molecular formula is C26H35ClO6. The minimum absolute atomic E-state index is 0.0146. The van der Waals surface area contributed by atoms with Gasteiger partial charge in [-0.05, 0) is 55.6 Å². The van der Waals surface area contributed by atoms with Crippen LogP contribution >= 0.6 is 11.6 Å². The highest BCUT2D eigenvalue weighted by atomic mass is 35.5. The van der Waals surface area contributed by atoms with E-state index >= 15 is 0 Å². The summed E-state index contributed by atoms with van der Waals surface area (Å²) in [7, 11) is 0. The van der Waals surface area contributed by atoms with Gasteiger partial charge in [0.1, 0.15) is 23.4 Å². The number of aldehydes is 1. The third kappa shape index (κ3) is 5.43. The number of esters is 1. The van der Waals surface area contributed by atoms with E-state index in [0.717, 1.165) is 12.0 Å². The van der Waals surface area contributed by atoms with Crippen LogP contribution in [0.5, 0.6) is 11.5 Å². The fourth-order valence-electron chi connectivity index (χ4n) is 4.63. The summed E-state index contributed by atoms with van der Waals surface area (Å²) < 4.78 is 5.77. The maximum Gasteiger partial charge on any atom is 0.306 e. The van der Waals surface area contributed by atoms with Crippen molar-refractivity contribution in [3.63, 3.8) is 0 Å². The summed E-state index contributed by atoms with van der Waals surface area (Å²) in [4.78, 5) is 36.1. The Bertz CT molecular complexity index is 966. The topological polar surface area (TPSA) is 101 Å². The van der Waals surface area contributed by atoms with Gasteiger partial charge in [-0.15, -0.1) is 0 Å². The maximum absolute atomic E-state index is 12.5. The average Bonchev–Trinajstić information content (AvgIpc) is 2.78. The molecule has 1 aliphatic carbocycles. The molecule has 4 atom stereocenters. The first-order valence-electron chi connectivity index (χ1n) is 11.5. The number of hydrogen-bond acceptors (Lipinski definition) is 6. The number of halogens is 1. The third-order valence-corrected chi connectivity index (χ3v) is 8.09. The fourth-order valence-corrected chi connectivity index (χ4v) is 4.84. The number of phenolic OH excluding ortho intramolecular Hbond substituents is 2. The summed E-state index contributed by atoms with van der Waals surface area (Å²) in [5.41, 5.74) is 0.861. The molecule has 0 bridgehead atoms. The molecule has 0 unspecified atom stereocenters. The smallest absolute Gasteiger partial charge is 0.306 e. The Labute approximate surface area is 201 Å². The molecule has 1 fully saturated rings.